The summed E-state index contributed by atoms with van der Waals surface area (Å²) in [5.74, 6) is 0.911. The van der Waals surface area contributed by atoms with Crippen LogP contribution in [0.5, 0.6) is 0 Å². The van der Waals surface area contributed by atoms with Crippen LogP contribution in [0.15, 0.2) is 24.3 Å². The van der Waals surface area contributed by atoms with Crippen molar-refractivity contribution in [3.8, 4) is 0 Å². The number of nitrogens with one attached hydrogen (secondary N) is 1. The number of hydrogen-bond donors (Lipinski definition) is 1. The molecule has 1 atom stereocenters. The van der Waals surface area contributed by atoms with Crippen LogP contribution in [0, 0.1) is 5.92 Å². The Labute approximate surface area is 123 Å². The lowest BCUT2D eigenvalue weighted by atomic mass is 10.1. The molecule has 1 aliphatic carbocycles. The predicted molar refractivity (Wildman–Crippen MR) is 86.7 cm³/mol. The van der Waals surface area contributed by atoms with Crippen LogP contribution in [0.4, 0.5) is 11.4 Å². The molecule has 3 nitrogen and oxygen atoms in total. The van der Waals surface area contributed by atoms with Crippen molar-refractivity contribution < 1.29 is 0 Å². The molecular weight excluding hydrogens is 246 g/mol. The highest BCUT2D eigenvalue weighted by molar-refractivity contribution is 5.73. The number of benzene rings is 1. The Morgan fingerprint density at radius 2 is 1.95 bits per heavy atom. The molecule has 0 saturated heterocycles. The Bertz CT molecular complexity index is 442. The Morgan fingerprint density at radius 1 is 1.20 bits per heavy atom. The molecule has 20 heavy (non-hydrogen) atoms. The van der Waals surface area contributed by atoms with Crippen molar-refractivity contribution in [1.29, 1.82) is 0 Å². The molecular formula is C17H27N3. The second kappa shape index (κ2) is 6.04. The fourth-order valence-corrected chi connectivity index (χ4v) is 3.20. The van der Waals surface area contributed by atoms with E-state index >= 15 is 0 Å². The fraction of sp³-hybridized carbons (Fsp3) is 0.647. The lowest BCUT2D eigenvalue weighted by Crippen LogP contribution is -2.47. The van der Waals surface area contributed by atoms with E-state index in [0.717, 1.165) is 32.1 Å². The predicted octanol–water partition coefficient (Wildman–Crippen LogP) is 2.72. The number of rotatable bonds is 6. The minimum Gasteiger partial charge on any atom is -0.371 e. The highest BCUT2D eigenvalue weighted by atomic mass is 15.3. The van der Waals surface area contributed by atoms with Crippen LogP contribution in [0.1, 0.15) is 26.2 Å². The summed E-state index contributed by atoms with van der Waals surface area (Å²) in [5.41, 5.74) is 2.79. The van der Waals surface area contributed by atoms with Crippen molar-refractivity contribution in [2.75, 3.05) is 43.0 Å². The normalized spacial score (nSPS) is 19.9. The van der Waals surface area contributed by atoms with E-state index in [2.05, 4.69) is 53.4 Å². The van der Waals surface area contributed by atoms with Gasteiger partial charge in [-0.1, -0.05) is 19.1 Å². The second-order valence-electron chi connectivity index (χ2n) is 6.25. The Kier molecular flexibility index (Phi) is 4.16. The van der Waals surface area contributed by atoms with E-state index in [9.17, 15) is 0 Å². The molecule has 0 radical (unpaired) electrons. The number of fused-ring (bicyclic) bond motifs is 1. The number of anilines is 2. The van der Waals surface area contributed by atoms with E-state index < -0.39 is 0 Å². The van der Waals surface area contributed by atoms with Crippen molar-refractivity contribution in [2.24, 2.45) is 5.92 Å². The summed E-state index contributed by atoms with van der Waals surface area (Å²) in [7, 11) is 2.20. The zero-order valence-electron chi connectivity index (χ0n) is 12.8. The van der Waals surface area contributed by atoms with Crippen molar-refractivity contribution in [1.82, 2.24) is 5.32 Å². The quantitative estimate of drug-likeness (QED) is 0.860. The van der Waals surface area contributed by atoms with Gasteiger partial charge in [-0.2, -0.15) is 0 Å². The smallest absolute Gasteiger partial charge is 0.0605 e. The lowest BCUT2D eigenvalue weighted by Gasteiger charge is -2.39. The Hall–Kier alpha value is -1.22. The average Bonchev–Trinajstić information content (AvgIpc) is 3.31. The molecule has 1 fully saturated rings. The summed E-state index contributed by atoms with van der Waals surface area (Å²) in [6.45, 7) is 6.83. The van der Waals surface area contributed by atoms with Crippen LogP contribution in [0.3, 0.4) is 0 Å². The van der Waals surface area contributed by atoms with Crippen molar-refractivity contribution in [3.05, 3.63) is 24.3 Å². The van der Waals surface area contributed by atoms with E-state index in [-0.39, 0.29) is 0 Å². The van der Waals surface area contributed by atoms with E-state index in [4.69, 9.17) is 0 Å². The molecule has 1 aromatic carbocycles. The summed E-state index contributed by atoms with van der Waals surface area (Å²) < 4.78 is 0. The molecule has 1 heterocycles. The maximum absolute atomic E-state index is 3.77. The van der Waals surface area contributed by atoms with Gasteiger partial charge in [-0.15, -0.1) is 0 Å². The molecule has 3 rings (SSSR count). The van der Waals surface area contributed by atoms with Gasteiger partial charge in [-0.3, -0.25) is 0 Å². The summed E-state index contributed by atoms with van der Waals surface area (Å²) in [6.07, 6.45) is 4.05. The number of nitrogens with zero attached hydrogens (tertiary/aromatic N) is 2. The average molecular weight is 273 g/mol. The zero-order valence-corrected chi connectivity index (χ0v) is 12.8. The highest BCUT2D eigenvalue weighted by Crippen LogP contribution is 2.36. The van der Waals surface area contributed by atoms with Crippen molar-refractivity contribution in [3.63, 3.8) is 0 Å². The molecule has 3 heteroatoms. The summed E-state index contributed by atoms with van der Waals surface area (Å²) in [6, 6.07) is 9.50. The SMILES string of the molecule is CCCNC(CN1CCN(C)c2ccccc21)C1CC1. The minimum atomic E-state index is 0.673. The molecule has 0 bridgehead atoms. The van der Waals surface area contributed by atoms with Gasteiger partial charge in [-0.05, 0) is 43.9 Å². The van der Waals surface area contributed by atoms with Crippen molar-refractivity contribution >= 4 is 11.4 Å². The second-order valence-corrected chi connectivity index (χ2v) is 6.25. The third kappa shape index (κ3) is 2.93. The maximum Gasteiger partial charge on any atom is 0.0605 e. The van der Waals surface area contributed by atoms with Crippen LogP contribution < -0.4 is 15.1 Å². The Balaban J connectivity index is 1.72. The molecule has 1 aliphatic heterocycles. The van der Waals surface area contributed by atoms with Gasteiger partial charge in [0.2, 0.25) is 0 Å². The van der Waals surface area contributed by atoms with Gasteiger partial charge in [0, 0.05) is 32.7 Å². The van der Waals surface area contributed by atoms with E-state index in [0.29, 0.717) is 6.04 Å². The first-order valence-electron chi connectivity index (χ1n) is 8.08. The van der Waals surface area contributed by atoms with Crippen LogP contribution in [0.25, 0.3) is 0 Å². The van der Waals surface area contributed by atoms with E-state index in [1.54, 1.807) is 0 Å². The molecule has 0 amide bonds. The first kappa shape index (κ1) is 13.7. The lowest BCUT2D eigenvalue weighted by molar-refractivity contribution is 0.455. The largest absolute Gasteiger partial charge is 0.371 e. The molecule has 1 unspecified atom stereocenters. The van der Waals surface area contributed by atoms with Crippen LogP contribution in [-0.2, 0) is 0 Å². The van der Waals surface area contributed by atoms with Crippen LogP contribution >= 0.6 is 0 Å². The van der Waals surface area contributed by atoms with Gasteiger partial charge >= 0.3 is 0 Å². The zero-order chi connectivity index (χ0) is 13.9. The third-order valence-corrected chi connectivity index (χ3v) is 4.60. The van der Waals surface area contributed by atoms with Gasteiger partial charge in [0.1, 0.15) is 0 Å². The topological polar surface area (TPSA) is 18.5 Å². The number of likely N-dealkylation sites (N-methyl/N-ethyl adjacent to an activating group) is 1. The first-order valence-corrected chi connectivity index (χ1v) is 8.08. The summed E-state index contributed by atoms with van der Waals surface area (Å²) in [5, 5.41) is 3.77. The van der Waals surface area contributed by atoms with Gasteiger partial charge in [0.05, 0.1) is 11.4 Å². The van der Waals surface area contributed by atoms with Gasteiger partial charge in [-0.25, -0.2) is 0 Å². The number of hydrogen-bond acceptors (Lipinski definition) is 3. The van der Waals surface area contributed by atoms with Gasteiger partial charge < -0.3 is 15.1 Å². The highest BCUT2D eigenvalue weighted by Gasteiger charge is 2.33. The molecule has 1 aromatic rings. The molecule has 0 aromatic heterocycles. The molecule has 2 aliphatic rings. The molecule has 1 N–H and O–H groups in total. The van der Waals surface area contributed by atoms with E-state index in [1.165, 1.54) is 30.6 Å². The van der Waals surface area contributed by atoms with Crippen molar-refractivity contribution in [2.45, 2.75) is 32.2 Å². The molecule has 110 valence electrons. The van der Waals surface area contributed by atoms with Gasteiger partial charge in [0.25, 0.3) is 0 Å². The minimum absolute atomic E-state index is 0.673. The number of para-hydroxylation sites is 2. The van der Waals surface area contributed by atoms with Gasteiger partial charge in [0.15, 0.2) is 0 Å². The van der Waals surface area contributed by atoms with E-state index in [1.807, 2.05) is 0 Å². The molecule has 1 saturated carbocycles. The standard InChI is InChI=1S/C17H27N3/c1-3-10-18-15(14-8-9-14)13-20-12-11-19(2)16-6-4-5-7-17(16)20/h4-7,14-15,18H,3,8-13H2,1-2H3. The Morgan fingerprint density at radius 3 is 2.65 bits per heavy atom. The summed E-state index contributed by atoms with van der Waals surface area (Å²) in [4.78, 5) is 4.96. The summed E-state index contributed by atoms with van der Waals surface area (Å²) >= 11 is 0. The fourth-order valence-electron chi connectivity index (χ4n) is 3.20. The van der Waals surface area contributed by atoms with Crippen LogP contribution in [0.2, 0.25) is 0 Å². The first-order chi connectivity index (χ1) is 9.79. The monoisotopic (exact) mass is 273 g/mol. The van der Waals surface area contributed by atoms with Crippen LogP contribution in [-0.4, -0.2) is 39.3 Å². The molecule has 0 spiro atoms. The maximum atomic E-state index is 3.77. The third-order valence-electron chi connectivity index (χ3n) is 4.60.